The fourth-order valence-electron chi connectivity index (χ4n) is 2.35. The van der Waals surface area contributed by atoms with E-state index in [0.717, 1.165) is 16.7 Å². The Morgan fingerprint density at radius 1 is 1.30 bits per heavy atom. The number of aliphatic carboxylic acids is 1. The van der Waals surface area contributed by atoms with Gasteiger partial charge in [0.2, 0.25) is 5.91 Å². The first-order valence-corrected chi connectivity index (χ1v) is 7.49. The number of rotatable bonds is 7. The van der Waals surface area contributed by atoms with Crippen molar-refractivity contribution in [2.24, 2.45) is 7.05 Å². The van der Waals surface area contributed by atoms with Crippen LogP contribution in [0.5, 0.6) is 0 Å². The second kappa shape index (κ2) is 7.58. The molecule has 122 valence electrons. The van der Waals surface area contributed by atoms with Crippen LogP contribution in [-0.4, -0.2) is 26.8 Å². The molecule has 2 aromatic rings. The van der Waals surface area contributed by atoms with Crippen molar-refractivity contribution < 1.29 is 14.7 Å². The van der Waals surface area contributed by atoms with Gasteiger partial charge < -0.3 is 10.4 Å². The number of nitrogens with zero attached hydrogens (tertiary/aromatic N) is 2. The van der Waals surface area contributed by atoms with E-state index in [1.165, 1.54) is 0 Å². The van der Waals surface area contributed by atoms with E-state index in [2.05, 4.69) is 10.4 Å². The molecule has 2 rings (SSSR count). The summed E-state index contributed by atoms with van der Waals surface area (Å²) in [6.07, 6.45) is 4.33. The predicted molar refractivity (Wildman–Crippen MR) is 85.8 cm³/mol. The molecule has 23 heavy (non-hydrogen) atoms. The van der Waals surface area contributed by atoms with Crippen LogP contribution in [0.3, 0.4) is 0 Å². The molecule has 0 unspecified atom stereocenters. The SMILES string of the molecule is Cc1ccc([C@@H](CC(=O)O)NC(=O)CCc2cnn(C)c2)cc1. The van der Waals surface area contributed by atoms with E-state index in [9.17, 15) is 9.59 Å². The average Bonchev–Trinajstić information content (AvgIpc) is 2.90. The number of nitrogens with one attached hydrogen (secondary N) is 1. The number of carbonyl (C=O) groups excluding carboxylic acids is 1. The normalized spacial score (nSPS) is 11.9. The summed E-state index contributed by atoms with van der Waals surface area (Å²) >= 11 is 0. The fourth-order valence-corrected chi connectivity index (χ4v) is 2.35. The highest BCUT2D eigenvalue weighted by Gasteiger charge is 2.18. The number of aryl methyl sites for hydroxylation is 3. The molecule has 0 fully saturated rings. The number of hydrogen-bond acceptors (Lipinski definition) is 3. The van der Waals surface area contributed by atoms with E-state index < -0.39 is 12.0 Å². The van der Waals surface area contributed by atoms with Crippen molar-refractivity contribution >= 4 is 11.9 Å². The molecular formula is C17H21N3O3. The second-order valence-electron chi connectivity index (χ2n) is 5.65. The number of hydrogen-bond donors (Lipinski definition) is 2. The Morgan fingerprint density at radius 3 is 2.57 bits per heavy atom. The Labute approximate surface area is 135 Å². The largest absolute Gasteiger partial charge is 0.481 e. The van der Waals surface area contributed by atoms with E-state index in [1.807, 2.05) is 44.4 Å². The molecule has 1 aromatic heterocycles. The first-order valence-electron chi connectivity index (χ1n) is 7.49. The van der Waals surface area contributed by atoms with Crippen molar-refractivity contribution in [3.8, 4) is 0 Å². The third kappa shape index (κ3) is 5.25. The second-order valence-corrected chi connectivity index (χ2v) is 5.65. The maximum absolute atomic E-state index is 12.1. The molecule has 2 N–H and O–H groups in total. The number of carboxylic acid groups (broad SMARTS) is 1. The predicted octanol–water partition coefficient (Wildman–Crippen LogP) is 1.99. The minimum Gasteiger partial charge on any atom is -0.481 e. The van der Waals surface area contributed by atoms with Crippen molar-refractivity contribution in [3.05, 3.63) is 53.3 Å². The van der Waals surface area contributed by atoms with Crippen LogP contribution in [-0.2, 0) is 23.1 Å². The lowest BCUT2D eigenvalue weighted by atomic mass is 10.0. The van der Waals surface area contributed by atoms with Gasteiger partial charge in [-0.2, -0.15) is 5.10 Å². The quantitative estimate of drug-likeness (QED) is 0.818. The lowest BCUT2D eigenvalue weighted by Crippen LogP contribution is -2.30. The molecule has 0 aliphatic heterocycles. The number of carboxylic acids is 1. The minimum absolute atomic E-state index is 0.137. The Morgan fingerprint density at radius 2 is 2.00 bits per heavy atom. The number of benzene rings is 1. The summed E-state index contributed by atoms with van der Waals surface area (Å²) in [5, 5.41) is 15.9. The molecule has 0 radical (unpaired) electrons. The zero-order valence-electron chi connectivity index (χ0n) is 13.3. The number of amides is 1. The number of aromatic nitrogens is 2. The molecule has 1 heterocycles. The van der Waals surface area contributed by atoms with Crippen molar-refractivity contribution in [2.75, 3.05) is 0 Å². The molecule has 0 saturated heterocycles. The molecule has 0 spiro atoms. The lowest BCUT2D eigenvalue weighted by molar-refractivity contribution is -0.137. The smallest absolute Gasteiger partial charge is 0.305 e. The van der Waals surface area contributed by atoms with Crippen LogP contribution in [0.25, 0.3) is 0 Å². The highest BCUT2D eigenvalue weighted by Crippen LogP contribution is 2.18. The van der Waals surface area contributed by atoms with E-state index in [1.54, 1.807) is 10.9 Å². The standard InChI is InChI=1S/C17H21N3O3/c1-12-3-6-14(7-4-12)15(9-17(22)23)19-16(21)8-5-13-10-18-20(2)11-13/h3-4,6-7,10-11,15H,5,8-9H2,1-2H3,(H,19,21)(H,22,23)/t15-/m1/s1. The maximum Gasteiger partial charge on any atom is 0.305 e. The van der Waals surface area contributed by atoms with Crippen LogP contribution in [0.2, 0.25) is 0 Å². The van der Waals surface area contributed by atoms with Crippen molar-refractivity contribution in [1.29, 1.82) is 0 Å². The van der Waals surface area contributed by atoms with Gasteiger partial charge in [-0.15, -0.1) is 0 Å². The molecule has 1 aromatic carbocycles. The van der Waals surface area contributed by atoms with E-state index in [0.29, 0.717) is 12.8 Å². The molecule has 6 heteroatoms. The molecule has 1 atom stereocenters. The Hall–Kier alpha value is -2.63. The molecule has 0 bridgehead atoms. The van der Waals surface area contributed by atoms with Crippen LogP contribution in [0.15, 0.2) is 36.7 Å². The van der Waals surface area contributed by atoms with Gasteiger partial charge in [-0.3, -0.25) is 14.3 Å². The third-order valence-corrected chi connectivity index (χ3v) is 3.59. The van der Waals surface area contributed by atoms with Gasteiger partial charge in [0.1, 0.15) is 0 Å². The van der Waals surface area contributed by atoms with Crippen molar-refractivity contribution in [3.63, 3.8) is 0 Å². The van der Waals surface area contributed by atoms with Crippen molar-refractivity contribution in [1.82, 2.24) is 15.1 Å². The van der Waals surface area contributed by atoms with Gasteiger partial charge in [0.05, 0.1) is 18.7 Å². The van der Waals surface area contributed by atoms with Gasteiger partial charge in [0, 0.05) is 19.7 Å². The van der Waals surface area contributed by atoms with Crippen LogP contribution in [0.1, 0.15) is 35.6 Å². The average molecular weight is 315 g/mol. The van der Waals surface area contributed by atoms with Crippen molar-refractivity contribution in [2.45, 2.75) is 32.2 Å². The summed E-state index contributed by atoms with van der Waals surface area (Å²) in [4.78, 5) is 23.2. The molecular weight excluding hydrogens is 294 g/mol. The van der Waals surface area contributed by atoms with Crippen LogP contribution in [0, 0.1) is 6.92 Å². The summed E-state index contributed by atoms with van der Waals surface area (Å²) < 4.78 is 1.69. The van der Waals surface area contributed by atoms with E-state index in [-0.39, 0.29) is 12.3 Å². The molecule has 0 saturated carbocycles. The van der Waals surface area contributed by atoms with Crippen LogP contribution < -0.4 is 5.32 Å². The Kier molecular flexibility index (Phi) is 5.51. The van der Waals surface area contributed by atoms with Crippen LogP contribution >= 0.6 is 0 Å². The molecule has 0 aliphatic rings. The first-order chi connectivity index (χ1) is 10.9. The van der Waals surface area contributed by atoms with Gasteiger partial charge in [0.25, 0.3) is 0 Å². The monoisotopic (exact) mass is 315 g/mol. The molecule has 1 amide bonds. The summed E-state index contributed by atoms with van der Waals surface area (Å²) in [6, 6.07) is 7.00. The Balaban J connectivity index is 1.97. The lowest BCUT2D eigenvalue weighted by Gasteiger charge is -2.17. The first kappa shape index (κ1) is 16.7. The zero-order chi connectivity index (χ0) is 16.8. The minimum atomic E-state index is -0.942. The highest BCUT2D eigenvalue weighted by molar-refractivity contribution is 5.78. The third-order valence-electron chi connectivity index (χ3n) is 3.59. The van der Waals surface area contributed by atoms with Crippen LogP contribution in [0.4, 0.5) is 0 Å². The van der Waals surface area contributed by atoms with Gasteiger partial charge in [-0.1, -0.05) is 29.8 Å². The topological polar surface area (TPSA) is 84.2 Å². The van der Waals surface area contributed by atoms with Gasteiger partial charge >= 0.3 is 5.97 Å². The van der Waals surface area contributed by atoms with Gasteiger partial charge in [0.15, 0.2) is 0 Å². The van der Waals surface area contributed by atoms with E-state index in [4.69, 9.17) is 5.11 Å². The zero-order valence-corrected chi connectivity index (χ0v) is 13.3. The van der Waals surface area contributed by atoms with E-state index >= 15 is 0 Å². The summed E-state index contributed by atoms with van der Waals surface area (Å²) in [5.74, 6) is -1.11. The fraction of sp³-hybridized carbons (Fsp3) is 0.353. The highest BCUT2D eigenvalue weighted by atomic mass is 16.4. The summed E-state index contributed by atoms with van der Waals surface area (Å²) in [6.45, 7) is 1.96. The Bertz CT molecular complexity index is 677. The summed E-state index contributed by atoms with van der Waals surface area (Å²) in [5.41, 5.74) is 2.87. The maximum atomic E-state index is 12.1. The molecule has 0 aliphatic carbocycles. The van der Waals surface area contributed by atoms with Gasteiger partial charge in [-0.05, 0) is 24.5 Å². The summed E-state index contributed by atoms with van der Waals surface area (Å²) in [7, 11) is 1.82. The molecule has 6 nitrogen and oxygen atoms in total. The van der Waals surface area contributed by atoms with Gasteiger partial charge in [-0.25, -0.2) is 0 Å². The number of carbonyl (C=O) groups is 2.